The second kappa shape index (κ2) is 7.73. The molecule has 0 spiro atoms. The highest BCUT2D eigenvalue weighted by Gasteiger charge is 2.13. The summed E-state index contributed by atoms with van der Waals surface area (Å²) in [5.41, 5.74) is 2.99. The maximum Gasteiger partial charge on any atom is 0.301 e. The molecule has 0 aliphatic carbocycles. The highest BCUT2D eigenvalue weighted by Crippen LogP contribution is 2.24. The van der Waals surface area contributed by atoms with Crippen LogP contribution in [0.2, 0.25) is 0 Å². The smallest absolute Gasteiger partial charge is 0.301 e. The molecule has 27 heavy (non-hydrogen) atoms. The SMILES string of the molecule is Cc1nc(Nc2cccc(NS(=O)(=O)N(C)C)c2)cc(-c2ccccc2)n1. The minimum Gasteiger partial charge on any atom is -0.340 e. The summed E-state index contributed by atoms with van der Waals surface area (Å²) in [7, 11) is -0.618. The molecule has 140 valence electrons. The zero-order chi connectivity index (χ0) is 19.4. The Bertz CT molecular complexity index is 1040. The van der Waals surface area contributed by atoms with E-state index in [-0.39, 0.29) is 0 Å². The van der Waals surface area contributed by atoms with Crippen LogP contribution >= 0.6 is 0 Å². The average Bonchev–Trinajstić information content (AvgIpc) is 2.62. The fourth-order valence-electron chi connectivity index (χ4n) is 2.44. The van der Waals surface area contributed by atoms with Crippen molar-refractivity contribution in [1.29, 1.82) is 0 Å². The lowest BCUT2D eigenvalue weighted by molar-refractivity contribution is 0.527. The molecule has 3 rings (SSSR count). The normalized spacial score (nSPS) is 11.4. The summed E-state index contributed by atoms with van der Waals surface area (Å²) in [6.07, 6.45) is 0. The zero-order valence-electron chi connectivity index (χ0n) is 15.3. The van der Waals surface area contributed by atoms with Gasteiger partial charge in [-0.05, 0) is 25.1 Å². The Kier molecular flexibility index (Phi) is 5.38. The summed E-state index contributed by atoms with van der Waals surface area (Å²) in [6, 6.07) is 18.7. The van der Waals surface area contributed by atoms with Crippen molar-refractivity contribution in [1.82, 2.24) is 14.3 Å². The van der Waals surface area contributed by atoms with E-state index in [4.69, 9.17) is 0 Å². The standard InChI is InChI=1S/C19H21N5O2S/c1-14-20-18(15-8-5-4-6-9-15)13-19(21-14)22-16-10-7-11-17(12-16)23-27(25,26)24(2)3/h4-13,23H,1-3H3,(H,20,21,22). The van der Waals surface area contributed by atoms with Crippen LogP contribution in [0, 0.1) is 6.92 Å². The van der Waals surface area contributed by atoms with Gasteiger partial charge < -0.3 is 5.32 Å². The highest BCUT2D eigenvalue weighted by atomic mass is 32.2. The van der Waals surface area contributed by atoms with Gasteiger partial charge in [0, 0.05) is 31.4 Å². The molecule has 0 amide bonds. The average molecular weight is 383 g/mol. The molecule has 8 heteroatoms. The van der Waals surface area contributed by atoms with Crippen molar-refractivity contribution in [2.45, 2.75) is 6.92 Å². The first-order valence-corrected chi connectivity index (χ1v) is 9.76. The molecule has 0 saturated carbocycles. The van der Waals surface area contributed by atoms with Crippen LogP contribution in [0.1, 0.15) is 5.82 Å². The number of rotatable bonds is 6. The van der Waals surface area contributed by atoms with Gasteiger partial charge in [0.1, 0.15) is 11.6 Å². The van der Waals surface area contributed by atoms with Gasteiger partial charge in [0.2, 0.25) is 0 Å². The van der Waals surface area contributed by atoms with Crippen molar-refractivity contribution in [2.24, 2.45) is 0 Å². The molecular formula is C19H21N5O2S. The van der Waals surface area contributed by atoms with Gasteiger partial charge in [0.15, 0.2) is 0 Å². The van der Waals surface area contributed by atoms with Crippen LogP contribution in [-0.2, 0) is 10.2 Å². The van der Waals surface area contributed by atoms with Gasteiger partial charge in [-0.25, -0.2) is 9.97 Å². The predicted octanol–water partition coefficient (Wildman–Crippen LogP) is 3.41. The van der Waals surface area contributed by atoms with E-state index in [2.05, 4.69) is 20.0 Å². The highest BCUT2D eigenvalue weighted by molar-refractivity contribution is 7.90. The second-order valence-electron chi connectivity index (χ2n) is 6.15. The fraction of sp³-hybridized carbons (Fsp3) is 0.158. The molecule has 3 aromatic rings. The first kappa shape index (κ1) is 18.8. The Hall–Kier alpha value is -2.97. The molecule has 0 atom stereocenters. The minimum atomic E-state index is -3.56. The summed E-state index contributed by atoms with van der Waals surface area (Å²) in [5.74, 6) is 1.28. The lowest BCUT2D eigenvalue weighted by Crippen LogP contribution is -2.28. The Balaban J connectivity index is 1.86. The molecule has 0 saturated heterocycles. The van der Waals surface area contributed by atoms with E-state index in [0.29, 0.717) is 23.0 Å². The van der Waals surface area contributed by atoms with Crippen LogP contribution in [0.4, 0.5) is 17.2 Å². The Labute approximate surface area is 159 Å². The predicted molar refractivity (Wildman–Crippen MR) is 108 cm³/mol. The van der Waals surface area contributed by atoms with Crippen LogP contribution in [0.5, 0.6) is 0 Å². The van der Waals surface area contributed by atoms with Gasteiger partial charge in [-0.2, -0.15) is 12.7 Å². The molecule has 2 aromatic carbocycles. The van der Waals surface area contributed by atoms with E-state index >= 15 is 0 Å². The third kappa shape index (κ3) is 4.81. The van der Waals surface area contributed by atoms with Crippen molar-refractivity contribution in [3.63, 3.8) is 0 Å². The molecule has 0 radical (unpaired) electrons. The quantitative estimate of drug-likeness (QED) is 0.681. The molecule has 0 unspecified atom stereocenters. The maximum atomic E-state index is 12.0. The molecule has 0 bridgehead atoms. The maximum absolute atomic E-state index is 12.0. The number of benzene rings is 2. The van der Waals surface area contributed by atoms with Crippen LogP contribution in [0.25, 0.3) is 11.3 Å². The molecule has 2 N–H and O–H groups in total. The fourth-order valence-corrected chi connectivity index (χ4v) is 3.04. The number of aryl methyl sites for hydroxylation is 1. The molecular weight excluding hydrogens is 362 g/mol. The third-order valence-electron chi connectivity index (χ3n) is 3.77. The lowest BCUT2D eigenvalue weighted by atomic mass is 10.1. The van der Waals surface area contributed by atoms with Crippen molar-refractivity contribution in [2.75, 3.05) is 24.1 Å². The number of nitrogens with one attached hydrogen (secondary N) is 2. The van der Waals surface area contributed by atoms with Gasteiger partial charge in [-0.3, -0.25) is 4.72 Å². The van der Waals surface area contributed by atoms with Gasteiger partial charge in [0.25, 0.3) is 0 Å². The summed E-state index contributed by atoms with van der Waals surface area (Å²) in [5, 5.41) is 3.21. The van der Waals surface area contributed by atoms with Crippen LogP contribution in [0.3, 0.4) is 0 Å². The molecule has 7 nitrogen and oxygen atoms in total. The van der Waals surface area contributed by atoms with Gasteiger partial charge >= 0.3 is 10.2 Å². The zero-order valence-corrected chi connectivity index (χ0v) is 16.2. The molecule has 0 fully saturated rings. The molecule has 0 aliphatic heterocycles. The van der Waals surface area contributed by atoms with Gasteiger partial charge in [-0.1, -0.05) is 36.4 Å². The Morgan fingerprint density at radius 1 is 0.889 bits per heavy atom. The minimum absolute atomic E-state index is 0.461. The van der Waals surface area contributed by atoms with E-state index in [1.807, 2.05) is 49.4 Å². The first-order valence-electron chi connectivity index (χ1n) is 8.32. The second-order valence-corrected chi connectivity index (χ2v) is 8.03. The van der Waals surface area contributed by atoms with Crippen molar-refractivity contribution in [3.05, 3.63) is 66.5 Å². The summed E-state index contributed by atoms with van der Waals surface area (Å²) >= 11 is 0. The number of aromatic nitrogens is 2. The third-order valence-corrected chi connectivity index (χ3v) is 5.23. The largest absolute Gasteiger partial charge is 0.340 e. The monoisotopic (exact) mass is 383 g/mol. The summed E-state index contributed by atoms with van der Waals surface area (Å²) in [6.45, 7) is 1.83. The van der Waals surface area contributed by atoms with Crippen molar-refractivity contribution < 1.29 is 8.42 Å². The van der Waals surface area contributed by atoms with E-state index in [1.165, 1.54) is 14.1 Å². The first-order chi connectivity index (χ1) is 12.8. The van der Waals surface area contributed by atoms with Crippen LogP contribution < -0.4 is 10.0 Å². The summed E-state index contributed by atoms with van der Waals surface area (Å²) < 4.78 is 27.6. The topological polar surface area (TPSA) is 87.2 Å². The van der Waals surface area contributed by atoms with Crippen LogP contribution in [-0.4, -0.2) is 36.8 Å². The number of hydrogen-bond donors (Lipinski definition) is 2. The molecule has 1 aromatic heterocycles. The molecule has 0 aliphatic rings. The van der Waals surface area contributed by atoms with E-state index < -0.39 is 10.2 Å². The van der Waals surface area contributed by atoms with E-state index in [1.54, 1.807) is 18.2 Å². The van der Waals surface area contributed by atoms with Gasteiger partial charge in [0.05, 0.1) is 11.4 Å². The van der Waals surface area contributed by atoms with Gasteiger partial charge in [-0.15, -0.1) is 0 Å². The Morgan fingerprint density at radius 3 is 2.30 bits per heavy atom. The Morgan fingerprint density at radius 2 is 1.59 bits per heavy atom. The van der Waals surface area contributed by atoms with Crippen molar-refractivity contribution in [3.8, 4) is 11.3 Å². The molecule has 1 heterocycles. The van der Waals surface area contributed by atoms with E-state index in [9.17, 15) is 8.42 Å². The number of anilines is 3. The van der Waals surface area contributed by atoms with Crippen molar-refractivity contribution >= 4 is 27.4 Å². The lowest BCUT2D eigenvalue weighted by Gasteiger charge is -2.14. The van der Waals surface area contributed by atoms with Crippen LogP contribution in [0.15, 0.2) is 60.7 Å². The summed E-state index contributed by atoms with van der Waals surface area (Å²) in [4.78, 5) is 8.90. The number of hydrogen-bond acceptors (Lipinski definition) is 5. The van der Waals surface area contributed by atoms with E-state index in [0.717, 1.165) is 15.6 Å². The number of nitrogens with zero attached hydrogens (tertiary/aromatic N) is 3.